The Balaban J connectivity index is 2.38. The standard InChI is InChI=1S/C16H27NOS/c1-4-10-17-14(3)15-8-6-9-16(13-15)18-11-7-12-19-5-2/h6,8-9,13-14,17H,4-5,7,10-12H2,1-3H3. The van der Waals surface area contributed by atoms with Gasteiger partial charge in [0.25, 0.3) is 0 Å². The molecule has 0 saturated heterocycles. The van der Waals surface area contributed by atoms with Crippen LogP contribution in [0.1, 0.15) is 45.2 Å². The van der Waals surface area contributed by atoms with Crippen molar-refractivity contribution in [3.63, 3.8) is 0 Å². The molecule has 19 heavy (non-hydrogen) atoms. The highest BCUT2D eigenvalue weighted by Crippen LogP contribution is 2.19. The van der Waals surface area contributed by atoms with E-state index >= 15 is 0 Å². The summed E-state index contributed by atoms with van der Waals surface area (Å²) in [7, 11) is 0. The van der Waals surface area contributed by atoms with E-state index in [1.165, 1.54) is 17.1 Å². The van der Waals surface area contributed by atoms with Gasteiger partial charge in [0.15, 0.2) is 0 Å². The van der Waals surface area contributed by atoms with E-state index in [0.717, 1.165) is 31.7 Å². The Kier molecular flexibility index (Phi) is 8.76. The van der Waals surface area contributed by atoms with Crippen molar-refractivity contribution in [3.8, 4) is 5.75 Å². The van der Waals surface area contributed by atoms with Gasteiger partial charge in [0, 0.05) is 6.04 Å². The van der Waals surface area contributed by atoms with Crippen molar-refractivity contribution < 1.29 is 4.74 Å². The molecule has 0 radical (unpaired) electrons. The van der Waals surface area contributed by atoms with Gasteiger partial charge in [-0.15, -0.1) is 0 Å². The molecular weight excluding hydrogens is 254 g/mol. The van der Waals surface area contributed by atoms with Crippen molar-refractivity contribution in [2.45, 2.75) is 39.7 Å². The minimum Gasteiger partial charge on any atom is -0.494 e. The Morgan fingerprint density at radius 3 is 2.89 bits per heavy atom. The molecule has 0 heterocycles. The molecule has 0 aliphatic rings. The van der Waals surface area contributed by atoms with E-state index in [4.69, 9.17) is 4.74 Å². The second-order valence-corrected chi connectivity index (χ2v) is 6.04. The van der Waals surface area contributed by atoms with Gasteiger partial charge in [0.1, 0.15) is 5.75 Å². The van der Waals surface area contributed by atoms with Gasteiger partial charge in [-0.1, -0.05) is 26.0 Å². The third-order valence-corrected chi connectivity index (χ3v) is 3.95. The van der Waals surface area contributed by atoms with Crippen molar-refractivity contribution in [2.75, 3.05) is 24.7 Å². The number of thioether (sulfide) groups is 1. The molecule has 0 fully saturated rings. The molecule has 1 rings (SSSR count). The minimum absolute atomic E-state index is 0.388. The first-order valence-electron chi connectivity index (χ1n) is 7.31. The van der Waals surface area contributed by atoms with Gasteiger partial charge in [-0.2, -0.15) is 11.8 Å². The van der Waals surface area contributed by atoms with Crippen LogP contribution in [0.15, 0.2) is 24.3 Å². The summed E-state index contributed by atoms with van der Waals surface area (Å²) < 4.78 is 5.81. The highest BCUT2D eigenvalue weighted by molar-refractivity contribution is 7.99. The summed E-state index contributed by atoms with van der Waals surface area (Å²) in [5.74, 6) is 3.37. The Morgan fingerprint density at radius 2 is 2.16 bits per heavy atom. The summed E-state index contributed by atoms with van der Waals surface area (Å²) in [5.41, 5.74) is 1.30. The molecule has 1 unspecified atom stereocenters. The van der Waals surface area contributed by atoms with Crippen LogP contribution in [0, 0.1) is 0 Å². The van der Waals surface area contributed by atoms with Crippen molar-refractivity contribution in [1.82, 2.24) is 5.32 Å². The van der Waals surface area contributed by atoms with Crippen molar-refractivity contribution in [2.24, 2.45) is 0 Å². The predicted molar refractivity (Wildman–Crippen MR) is 86.3 cm³/mol. The topological polar surface area (TPSA) is 21.3 Å². The van der Waals surface area contributed by atoms with E-state index in [-0.39, 0.29) is 0 Å². The summed E-state index contributed by atoms with van der Waals surface area (Å²) in [6.07, 6.45) is 2.28. The summed E-state index contributed by atoms with van der Waals surface area (Å²) in [6, 6.07) is 8.82. The SMILES string of the molecule is CCCNC(C)c1cccc(OCCCSCC)c1. The quantitative estimate of drug-likeness (QED) is 0.647. The molecule has 3 heteroatoms. The molecule has 0 saturated carbocycles. The number of hydrogen-bond donors (Lipinski definition) is 1. The molecule has 1 atom stereocenters. The van der Waals surface area contributed by atoms with E-state index in [1.807, 2.05) is 17.8 Å². The fourth-order valence-corrected chi connectivity index (χ4v) is 2.46. The smallest absolute Gasteiger partial charge is 0.119 e. The third-order valence-electron chi connectivity index (χ3n) is 2.96. The molecule has 2 nitrogen and oxygen atoms in total. The normalized spacial score (nSPS) is 12.4. The number of benzene rings is 1. The van der Waals surface area contributed by atoms with E-state index in [1.54, 1.807) is 0 Å². The lowest BCUT2D eigenvalue weighted by molar-refractivity contribution is 0.318. The van der Waals surface area contributed by atoms with Crippen molar-refractivity contribution in [1.29, 1.82) is 0 Å². The Labute approximate surface area is 122 Å². The van der Waals surface area contributed by atoms with Crippen LogP contribution < -0.4 is 10.1 Å². The molecule has 0 aromatic heterocycles. The van der Waals surface area contributed by atoms with Gasteiger partial charge in [-0.25, -0.2) is 0 Å². The van der Waals surface area contributed by atoms with E-state index < -0.39 is 0 Å². The minimum atomic E-state index is 0.388. The average molecular weight is 281 g/mol. The lowest BCUT2D eigenvalue weighted by atomic mass is 10.1. The van der Waals surface area contributed by atoms with Gasteiger partial charge >= 0.3 is 0 Å². The highest BCUT2D eigenvalue weighted by Gasteiger charge is 2.05. The maximum absolute atomic E-state index is 5.81. The number of rotatable bonds is 10. The van der Waals surface area contributed by atoms with Crippen molar-refractivity contribution >= 4 is 11.8 Å². The Bertz CT molecular complexity index is 343. The molecule has 108 valence electrons. The van der Waals surface area contributed by atoms with Crippen LogP contribution in [-0.4, -0.2) is 24.7 Å². The summed E-state index contributed by atoms with van der Waals surface area (Å²) >= 11 is 1.97. The van der Waals surface area contributed by atoms with E-state index in [0.29, 0.717) is 6.04 Å². The molecule has 0 bridgehead atoms. The predicted octanol–water partition coefficient (Wildman–Crippen LogP) is 4.27. The first-order chi connectivity index (χ1) is 9.27. The van der Waals surface area contributed by atoms with Crippen LogP contribution in [0.5, 0.6) is 5.75 Å². The number of hydrogen-bond acceptors (Lipinski definition) is 3. The molecule has 1 N–H and O–H groups in total. The molecule has 1 aromatic rings. The van der Waals surface area contributed by atoms with Gasteiger partial charge in [0.2, 0.25) is 0 Å². The van der Waals surface area contributed by atoms with E-state index in [2.05, 4.69) is 44.3 Å². The molecule has 1 aromatic carbocycles. The van der Waals surface area contributed by atoms with Crippen LogP contribution in [0.4, 0.5) is 0 Å². The average Bonchev–Trinajstić information content (AvgIpc) is 2.45. The largest absolute Gasteiger partial charge is 0.494 e. The fourth-order valence-electron chi connectivity index (χ4n) is 1.85. The van der Waals surface area contributed by atoms with Crippen molar-refractivity contribution in [3.05, 3.63) is 29.8 Å². The zero-order valence-corrected chi connectivity index (χ0v) is 13.3. The third kappa shape index (κ3) is 6.88. The van der Waals surface area contributed by atoms with Crippen LogP contribution in [-0.2, 0) is 0 Å². The molecular formula is C16H27NOS. The highest BCUT2D eigenvalue weighted by atomic mass is 32.2. The second kappa shape index (κ2) is 10.2. The number of nitrogens with one attached hydrogen (secondary N) is 1. The lowest BCUT2D eigenvalue weighted by Gasteiger charge is -2.15. The van der Waals surface area contributed by atoms with Gasteiger partial charge in [-0.3, -0.25) is 0 Å². The maximum atomic E-state index is 5.81. The summed E-state index contributed by atoms with van der Waals surface area (Å²) in [5, 5.41) is 3.50. The Morgan fingerprint density at radius 1 is 1.32 bits per heavy atom. The van der Waals surface area contributed by atoms with Crippen LogP contribution >= 0.6 is 11.8 Å². The van der Waals surface area contributed by atoms with E-state index in [9.17, 15) is 0 Å². The monoisotopic (exact) mass is 281 g/mol. The van der Waals surface area contributed by atoms with Gasteiger partial charge in [-0.05, 0) is 55.5 Å². The Hall–Kier alpha value is -0.670. The van der Waals surface area contributed by atoms with Crippen LogP contribution in [0.25, 0.3) is 0 Å². The molecule has 0 aliphatic heterocycles. The van der Waals surface area contributed by atoms with Crippen LogP contribution in [0.3, 0.4) is 0 Å². The second-order valence-electron chi connectivity index (χ2n) is 4.65. The van der Waals surface area contributed by atoms with Crippen LogP contribution in [0.2, 0.25) is 0 Å². The first-order valence-corrected chi connectivity index (χ1v) is 8.47. The summed E-state index contributed by atoms with van der Waals surface area (Å²) in [4.78, 5) is 0. The summed E-state index contributed by atoms with van der Waals surface area (Å²) in [6.45, 7) is 8.45. The zero-order chi connectivity index (χ0) is 13.9. The number of ether oxygens (including phenoxy) is 1. The molecule has 0 spiro atoms. The molecule has 0 amide bonds. The lowest BCUT2D eigenvalue weighted by Crippen LogP contribution is -2.19. The fraction of sp³-hybridized carbons (Fsp3) is 0.625. The molecule has 0 aliphatic carbocycles. The van der Waals surface area contributed by atoms with Gasteiger partial charge in [0.05, 0.1) is 6.61 Å². The first kappa shape index (κ1) is 16.4. The maximum Gasteiger partial charge on any atom is 0.119 e. The van der Waals surface area contributed by atoms with Gasteiger partial charge < -0.3 is 10.1 Å². The zero-order valence-electron chi connectivity index (χ0n) is 12.4.